The molecule has 1 rings (SSSR count). The van der Waals surface area contributed by atoms with Gasteiger partial charge in [-0.05, 0) is 18.2 Å². The third-order valence-electron chi connectivity index (χ3n) is 2.27. The molecule has 0 unspecified atom stereocenters. The van der Waals surface area contributed by atoms with Crippen LogP contribution in [0.4, 0.5) is 5.69 Å². The summed E-state index contributed by atoms with van der Waals surface area (Å²) in [6.45, 7) is 0. The highest BCUT2D eigenvalue weighted by molar-refractivity contribution is 6.33. The summed E-state index contributed by atoms with van der Waals surface area (Å²) < 4.78 is 0. The van der Waals surface area contributed by atoms with E-state index >= 15 is 0 Å². The monoisotopic (exact) mass is 285 g/mol. The predicted octanol–water partition coefficient (Wildman–Crippen LogP) is -0.0194. The summed E-state index contributed by atoms with van der Waals surface area (Å²) in [6, 6.07) is 2.72. The largest absolute Gasteiger partial charge is 0.480 e. The average molecular weight is 286 g/mol. The summed E-state index contributed by atoms with van der Waals surface area (Å²) in [6.07, 6.45) is -0.496. The molecule has 6 N–H and O–H groups in total. The first kappa shape index (κ1) is 14.8. The minimum atomic E-state index is -1.39. The lowest BCUT2D eigenvalue weighted by molar-refractivity contribution is -0.140. The zero-order chi connectivity index (χ0) is 14.6. The Balaban J connectivity index is 2.84. The van der Waals surface area contributed by atoms with E-state index in [1.54, 1.807) is 0 Å². The van der Waals surface area contributed by atoms with Crippen LogP contribution in [0, 0.1) is 0 Å². The summed E-state index contributed by atoms with van der Waals surface area (Å²) in [7, 11) is 0. The van der Waals surface area contributed by atoms with Crippen LogP contribution in [0.3, 0.4) is 0 Å². The quantitative estimate of drug-likeness (QED) is 0.564. The Morgan fingerprint density at radius 1 is 1.37 bits per heavy atom. The van der Waals surface area contributed by atoms with E-state index in [-0.39, 0.29) is 10.6 Å². The number of carbonyl (C=O) groups excluding carboxylic acids is 2. The van der Waals surface area contributed by atoms with Crippen LogP contribution in [0.1, 0.15) is 16.8 Å². The predicted molar refractivity (Wildman–Crippen MR) is 68.6 cm³/mol. The van der Waals surface area contributed by atoms with Crippen molar-refractivity contribution < 1.29 is 19.5 Å². The number of nitrogens with two attached hydrogens (primary N) is 2. The Labute approximate surface area is 113 Å². The van der Waals surface area contributed by atoms with Gasteiger partial charge in [-0.25, -0.2) is 4.79 Å². The number of nitrogen functional groups attached to an aromatic ring is 1. The van der Waals surface area contributed by atoms with Crippen molar-refractivity contribution in [3.63, 3.8) is 0 Å². The van der Waals surface area contributed by atoms with Gasteiger partial charge in [0.05, 0.1) is 17.1 Å². The van der Waals surface area contributed by atoms with Crippen LogP contribution < -0.4 is 16.8 Å². The normalized spacial score (nSPS) is 11.6. The number of primary amides is 1. The molecule has 0 bridgehead atoms. The number of carbonyl (C=O) groups is 3. The van der Waals surface area contributed by atoms with Crippen LogP contribution in [0.5, 0.6) is 0 Å². The number of carboxylic acid groups (broad SMARTS) is 1. The van der Waals surface area contributed by atoms with Crippen molar-refractivity contribution in [2.75, 3.05) is 5.73 Å². The van der Waals surface area contributed by atoms with Gasteiger partial charge >= 0.3 is 5.97 Å². The minimum Gasteiger partial charge on any atom is -0.480 e. The van der Waals surface area contributed by atoms with Crippen molar-refractivity contribution in [1.29, 1.82) is 0 Å². The number of hydrogen-bond acceptors (Lipinski definition) is 4. The van der Waals surface area contributed by atoms with Gasteiger partial charge in [0.2, 0.25) is 5.91 Å². The van der Waals surface area contributed by atoms with E-state index in [1.807, 2.05) is 0 Å². The van der Waals surface area contributed by atoms with Gasteiger partial charge in [0, 0.05) is 5.56 Å². The fourth-order valence-corrected chi connectivity index (χ4v) is 1.49. The zero-order valence-electron chi connectivity index (χ0n) is 9.72. The van der Waals surface area contributed by atoms with Gasteiger partial charge < -0.3 is 21.9 Å². The molecule has 0 saturated heterocycles. The molecule has 1 atom stereocenters. The van der Waals surface area contributed by atoms with E-state index in [0.29, 0.717) is 5.69 Å². The number of aliphatic carboxylic acids is 1. The van der Waals surface area contributed by atoms with E-state index < -0.39 is 30.2 Å². The minimum absolute atomic E-state index is 0.134. The van der Waals surface area contributed by atoms with Gasteiger partial charge in [-0.2, -0.15) is 0 Å². The molecular weight excluding hydrogens is 274 g/mol. The number of amides is 2. The molecule has 0 aromatic heterocycles. The van der Waals surface area contributed by atoms with Gasteiger partial charge in [-0.1, -0.05) is 11.6 Å². The molecule has 0 fully saturated rings. The highest BCUT2D eigenvalue weighted by Crippen LogP contribution is 2.19. The lowest BCUT2D eigenvalue weighted by Gasteiger charge is -2.13. The molecule has 0 spiro atoms. The molecule has 19 heavy (non-hydrogen) atoms. The number of benzene rings is 1. The number of nitrogens with one attached hydrogen (secondary N) is 1. The molecule has 0 heterocycles. The second-order valence-corrected chi connectivity index (χ2v) is 4.18. The second-order valence-electron chi connectivity index (χ2n) is 3.77. The summed E-state index contributed by atoms with van der Waals surface area (Å²) in [5.74, 6) is -2.87. The van der Waals surface area contributed by atoms with Gasteiger partial charge in [-0.3, -0.25) is 9.59 Å². The third-order valence-corrected chi connectivity index (χ3v) is 2.60. The highest BCUT2D eigenvalue weighted by Gasteiger charge is 2.22. The first-order chi connectivity index (χ1) is 8.81. The van der Waals surface area contributed by atoms with E-state index in [0.717, 1.165) is 0 Å². The van der Waals surface area contributed by atoms with Crippen LogP contribution in [-0.4, -0.2) is 28.9 Å². The topological polar surface area (TPSA) is 136 Å². The van der Waals surface area contributed by atoms with Gasteiger partial charge in [0.25, 0.3) is 5.91 Å². The molecule has 0 aliphatic carbocycles. The lowest BCUT2D eigenvalue weighted by Crippen LogP contribution is -2.43. The number of hydrogen-bond donors (Lipinski definition) is 4. The standard InChI is InChI=1S/C11H12ClN3O4/c12-6-3-5(1-2-7(6)13)10(17)15-8(11(18)19)4-9(14)16/h1-3,8H,4,13H2,(H2,14,16)(H,15,17)(H,18,19)/t8-/m1/s1. The fraction of sp³-hybridized carbons (Fsp3) is 0.182. The molecular formula is C11H12ClN3O4. The van der Waals surface area contributed by atoms with Crippen LogP contribution in [0.15, 0.2) is 18.2 Å². The van der Waals surface area contributed by atoms with Crippen LogP contribution in [0.2, 0.25) is 5.02 Å². The maximum Gasteiger partial charge on any atom is 0.326 e. The Bertz CT molecular complexity index is 533. The van der Waals surface area contributed by atoms with E-state index in [4.69, 9.17) is 28.2 Å². The maximum atomic E-state index is 11.8. The van der Waals surface area contributed by atoms with Gasteiger partial charge in [0.15, 0.2) is 0 Å². The molecule has 102 valence electrons. The Morgan fingerprint density at radius 2 is 2.00 bits per heavy atom. The van der Waals surface area contributed by atoms with Gasteiger partial charge in [-0.15, -0.1) is 0 Å². The van der Waals surface area contributed by atoms with Crippen molar-refractivity contribution in [2.24, 2.45) is 5.73 Å². The molecule has 2 amide bonds. The summed E-state index contributed by atoms with van der Waals surface area (Å²) in [5.41, 5.74) is 10.8. The summed E-state index contributed by atoms with van der Waals surface area (Å²) in [4.78, 5) is 33.3. The van der Waals surface area contributed by atoms with Crippen molar-refractivity contribution >= 4 is 35.1 Å². The van der Waals surface area contributed by atoms with Crippen molar-refractivity contribution in [3.8, 4) is 0 Å². The Hall–Kier alpha value is -2.28. The van der Waals surface area contributed by atoms with Crippen LogP contribution >= 0.6 is 11.6 Å². The number of halogens is 1. The lowest BCUT2D eigenvalue weighted by atomic mass is 10.1. The molecule has 1 aromatic rings. The molecule has 0 saturated carbocycles. The Morgan fingerprint density at radius 3 is 2.47 bits per heavy atom. The van der Waals surface area contributed by atoms with Crippen LogP contribution in [0.25, 0.3) is 0 Å². The van der Waals surface area contributed by atoms with Crippen molar-refractivity contribution in [2.45, 2.75) is 12.5 Å². The maximum absolute atomic E-state index is 11.8. The summed E-state index contributed by atoms with van der Waals surface area (Å²) >= 11 is 5.75. The second kappa shape index (κ2) is 6.05. The first-order valence-electron chi connectivity index (χ1n) is 5.18. The van der Waals surface area contributed by atoms with E-state index in [1.165, 1.54) is 18.2 Å². The molecule has 8 heteroatoms. The molecule has 1 aromatic carbocycles. The van der Waals surface area contributed by atoms with E-state index in [9.17, 15) is 14.4 Å². The van der Waals surface area contributed by atoms with Crippen LogP contribution in [-0.2, 0) is 9.59 Å². The number of rotatable bonds is 5. The summed E-state index contributed by atoms with van der Waals surface area (Å²) in [5, 5.41) is 11.2. The van der Waals surface area contributed by atoms with Crippen molar-refractivity contribution in [3.05, 3.63) is 28.8 Å². The number of anilines is 1. The van der Waals surface area contributed by atoms with Crippen molar-refractivity contribution in [1.82, 2.24) is 5.32 Å². The fourth-order valence-electron chi connectivity index (χ4n) is 1.31. The first-order valence-corrected chi connectivity index (χ1v) is 5.56. The molecule has 7 nitrogen and oxygen atoms in total. The SMILES string of the molecule is NC(=O)C[C@@H](NC(=O)c1ccc(N)c(Cl)c1)C(=O)O. The Kier molecular flexibility index (Phi) is 4.71. The third kappa shape index (κ3) is 4.14. The highest BCUT2D eigenvalue weighted by atomic mass is 35.5. The number of carboxylic acids is 1. The molecule has 0 aliphatic rings. The molecule has 0 radical (unpaired) electrons. The zero-order valence-corrected chi connectivity index (χ0v) is 10.5. The molecule has 0 aliphatic heterocycles. The van der Waals surface area contributed by atoms with Gasteiger partial charge in [0.1, 0.15) is 6.04 Å². The average Bonchev–Trinajstić information content (AvgIpc) is 2.31. The smallest absolute Gasteiger partial charge is 0.326 e. The van der Waals surface area contributed by atoms with E-state index in [2.05, 4.69) is 5.32 Å².